The summed E-state index contributed by atoms with van der Waals surface area (Å²) in [5.41, 5.74) is 2.16. The smallest absolute Gasteiger partial charge is 0.0760 e. The van der Waals surface area contributed by atoms with Crippen molar-refractivity contribution in [2.45, 2.75) is 19.5 Å². The molecular formula is C13H15BrClN3. The second kappa shape index (κ2) is 5.87. The third-order valence-electron chi connectivity index (χ3n) is 2.93. The van der Waals surface area contributed by atoms with Crippen molar-refractivity contribution in [1.29, 1.82) is 0 Å². The Morgan fingerprint density at radius 3 is 2.89 bits per heavy atom. The number of nitrogens with one attached hydrogen (secondary N) is 1. The molecule has 0 aliphatic heterocycles. The summed E-state index contributed by atoms with van der Waals surface area (Å²) in [7, 11) is 1.93. The fourth-order valence-electron chi connectivity index (χ4n) is 2.06. The van der Waals surface area contributed by atoms with Gasteiger partial charge in [0.1, 0.15) is 0 Å². The Hall–Kier alpha value is -0.840. The van der Waals surface area contributed by atoms with Crippen LogP contribution in [0.1, 0.15) is 24.2 Å². The zero-order chi connectivity index (χ0) is 13.1. The van der Waals surface area contributed by atoms with Crippen LogP contribution < -0.4 is 5.32 Å². The van der Waals surface area contributed by atoms with Crippen LogP contribution in [0.3, 0.4) is 0 Å². The lowest BCUT2D eigenvalue weighted by Crippen LogP contribution is -2.21. The molecule has 1 unspecified atom stereocenters. The molecule has 0 saturated carbocycles. The van der Waals surface area contributed by atoms with Crippen molar-refractivity contribution in [3.8, 4) is 0 Å². The molecule has 1 aromatic carbocycles. The first kappa shape index (κ1) is 13.6. The van der Waals surface area contributed by atoms with Gasteiger partial charge in [0.2, 0.25) is 0 Å². The van der Waals surface area contributed by atoms with Crippen molar-refractivity contribution in [3.63, 3.8) is 0 Å². The highest BCUT2D eigenvalue weighted by Crippen LogP contribution is 2.33. The van der Waals surface area contributed by atoms with E-state index < -0.39 is 0 Å². The van der Waals surface area contributed by atoms with E-state index in [1.165, 1.54) is 0 Å². The van der Waals surface area contributed by atoms with E-state index in [1.807, 2.05) is 42.2 Å². The van der Waals surface area contributed by atoms with Crippen LogP contribution in [0.2, 0.25) is 5.02 Å². The molecule has 0 spiro atoms. The molecule has 3 nitrogen and oxygen atoms in total. The van der Waals surface area contributed by atoms with Crippen molar-refractivity contribution in [1.82, 2.24) is 15.1 Å². The van der Waals surface area contributed by atoms with Crippen molar-refractivity contribution in [3.05, 3.63) is 51.2 Å². The molecule has 18 heavy (non-hydrogen) atoms. The van der Waals surface area contributed by atoms with Gasteiger partial charge < -0.3 is 5.32 Å². The lowest BCUT2D eigenvalue weighted by molar-refractivity contribution is 0.563. The summed E-state index contributed by atoms with van der Waals surface area (Å²) < 4.78 is 2.88. The minimum absolute atomic E-state index is 0.0393. The molecule has 5 heteroatoms. The molecule has 2 rings (SSSR count). The fraction of sp³-hybridized carbons (Fsp3) is 0.308. The summed E-state index contributed by atoms with van der Waals surface area (Å²) in [5, 5.41) is 8.34. The van der Waals surface area contributed by atoms with Crippen molar-refractivity contribution >= 4 is 27.5 Å². The summed E-state index contributed by atoms with van der Waals surface area (Å²) in [5.74, 6) is 0. The van der Waals surface area contributed by atoms with Gasteiger partial charge in [-0.1, -0.05) is 23.7 Å². The van der Waals surface area contributed by atoms with Gasteiger partial charge in [-0.3, -0.25) is 4.68 Å². The molecule has 96 valence electrons. The quantitative estimate of drug-likeness (QED) is 0.929. The third kappa shape index (κ3) is 2.46. The van der Waals surface area contributed by atoms with Crippen molar-refractivity contribution in [2.75, 3.05) is 7.05 Å². The minimum Gasteiger partial charge on any atom is -0.308 e. The molecule has 0 bridgehead atoms. The third-order valence-corrected chi connectivity index (χ3v) is 4.24. The summed E-state index contributed by atoms with van der Waals surface area (Å²) in [6.45, 7) is 2.91. The highest BCUT2D eigenvalue weighted by atomic mass is 79.9. The number of aromatic nitrogens is 2. The van der Waals surface area contributed by atoms with Gasteiger partial charge in [-0.2, -0.15) is 5.10 Å². The van der Waals surface area contributed by atoms with Crippen LogP contribution in [0, 0.1) is 0 Å². The molecule has 1 N–H and O–H groups in total. The number of hydrogen-bond donors (Lipinski definition) is 1. The Balaban J connectivity index is 2.49. The van der Waals surface area contributed by atoms with Gasteiger partial charge in [-0.25, -0.2) is 0 Å². The van der Waals surface area contributed by atoms with E-state index in [9.17, 15) is 0 Å². The average Bonchev–Trinajstić information content (AvgIpc) is 2.83. The molecule has 1 heterocycles. The van der Waals surface area contributed by atoms with Gasteiger partial charge in [0.25, 0.3) is 0 Å². The Morgan fingerprint density at radius 1 is 1.44 bits per heavy atom. The minimum atomic E-state index is 0.0393. The largest absolute Gasteiger partial charge is 0.308 e. The van der Waals surface area contributed by atoms with Crippen LogP contribution in [0.4, 0.5) is 0 Å². The number of hydrogen-bond acceptors (Lipinski definition) is 2. The maximum absolute atomic E-state index is 6.36. The summed E-state index contributed by atoms with van der Waals surface area (Å²) in [6, 6.07) is 8.01. The maximum Gasteiger partial charge on any atom is 0.0760 e. The van der Waals surface area contributed by atoms with Crippen LogP contribution in [-0.4, -0.2) is 16.8 Å². The molecule has 2 aromatic rings. The van der Waals surface area contributed by atoms with Gasteiger partial charge in [0.05, 0.1) is 16.8 Å². The molecule has 0 radical (unpaired) electrons. The van der Waals surface area contributed by atoms with E-state index in [0.29, 0.717) is 0 Å². The van der Waals surface area contributed by atoms with Gasteiger partial charge in [-0.15, -0.1) is 0 Å². The summed E-state index contributed by atoms with van der Waals surface area (Å²) in [4.78, 5) is 0. The number of nitrogens with zero attached hydrogens (tertiary/aromatic N) is 2. The molecular weight excluding hydrogens is 314 g/mol. The molecule has 1 aromatic heterocycles. The van der Waals surface area contributed by atoms with E-state index in [0.717, 1.165) is 27.3 Å². The molecule has 0 amide bonds. The van der Waals surface area contributed by atoms with E-state index in [4.69, 9.17) is 11.6 Å². The summed E-state index contributed by atoms with van der Waals surface area (Å²) >= 11 is 9.82. The van der Waals surface area contributed by atoms with Crippen LogP contribution in [0.15, 0.2) is 34.9 Å². The Morgan fingerprint density at radius 2 is 2.22 bits per heavy atom. The molecule has 0 aliphatic rings. The monoisotopic (exact) mass is 327 g/mol. The van der Waals surface area contributed by atoms with E-state index >= 15 is 0 Å². The number of aryl methyl sites for hydroxylation is 1. The Labute approximate surface area is 120 Å². The lowest BCUT2D eigenvalue weighted by Gasteiger charge is -2.19. The number of halogens is 2. The first-order chi connectivity index (χ1) is 8.69. The topological polar surface area (TPSA) is 29.9 Å². The SMILES string of the molecule is CCn1nccc1C(NC)c1cccc(Br)c1Cl. The standard InChI is InChI=1S/C13H15BrClN3/c1-3-18-11(7-8-17-18)13(16-2)9-5-4-6-10(14)12(9)15/h4-8,13,16H,3H2,1-2H3. The fourth-order valence-corrected chi connectivity index (χ4v) is 2.68. The second-order valence-electron chi connectivity index (χ2n) is 3.94. The molecule has 0 aliphatic carbocycles. The van der Waals surface area contributed by atoms with Crippen molar-refractivity contribution < 1.29 is 0 Å². The zero-order valence-electron chi connectivity index (χ0n) is 10.3. The normalized spacial score (nSPS) is 12.7. The van der Waals surface area contributed by atoms with Crippen LogP contribution in [-0.2, 0) is 6.54 Å². The molecule has 0 fully saturated rings. The van der Waals surface area contributed by atoms with Crippen LogP contribution >= 0.6 is 27.5 Å². The van der Waals surface area contributed by atoms with E-state index in [-0.39, 0.29) is 6.04 Å². The predicted molar refractivity (Wildman–Crippen MR) is 78.0 cm³/mol. The van der Waals surface area contributed by atoms with Gasteiger partial charge in [0, 0.05) is 17.2 Å². The van der Waals surface area contributed by atoms with Gasteiger partial charge in [0.15, 0.2) is 0 Å². The van der Waals surface area contributed by atoms with Gasteiger partial charge >= 0.3 is 0 Å². The highest BCUT2D eigenvalue weighted by Gasteiger charge is 2.19. The number of benzene rings is 1. The zero-order valence-corrected chi connectivity index (χ0v) is 12.7. The van der Waals surface area contributed by atoms with E-state index in [1.54, 1.807) is 0 Å². The Bertz CT molecular complexity index is 539. The first-order valence-electron chi connectivity index (χ1n) is 5.82. The predicted octanol–water partition coefficient (Wildman–Crippen LogP) is 3.63. The van der Waals surface area contributed by atoms with Crippen LogP contribution in [0.25, 0.3) is 0 Å². The van der Waals surface area contributed by atoms with Gasteiger partial charge in [-0.05, 0) is 47.6 Å². The second-order valence-corrected chi connectivity index (χ2v) is 5.17. The first-order valence-corrected chi connectivity index (χ1v) is 6.99. The maximum atomic E-state index is 6.36. The van der Waals surface area contributed by atoms with Crippen molar-refractivity contribution in [2.24, 2.45) is 0 Å². The Kier molecular flexibility index (Phi) is 4.43. The van der Waals surface area contributed by atoms with E-state index in [2.05, 4.69) is 33.3 Å². The lowest BCUT2D eigenvalue weighted by atomic mass is 10.0. The molecule has 0 saturated heterocycles. The number of rotatable bonds is 4. The summed E-state index contributed by atoms with van der Waals surface area (Å²) in [6.07, 6.45) is 1.81. The highest BCUT2D eigenvalue weighted by molar-refractivity contribution is 9.10. The molecule has 1 atom stereocenters. The average molecular weight is 329 g/mol. The van der Waals surface area contributed by atoms with Crippen LogP contribution in [0.5, 0.6) is 0 Å².